The number of hydrogen-bond donors (Lipinski definition) is 1. The molecule has 0 saturated heterocycles. The Labute approximate surface area is 45.4 Å². The Bertz CT molecular complexity index is 92.9. The minimum atomic E-state index is -1.15. The Morgan fingerprint density at radius 3 is 2.29 bits per heavy atom. The van der Waals surface area contributed by atoms with Crippen LogP contribution in [-0.4, -0.2) is 17.6 Å². The highest BCUT2D eigenvalue weighted by atomic mass is 35.5. The number of rotatable bonds is 2. The molecule has 1 unspecified atom stereocenters. The monoisotopic (exact) mass is 121 g/mol. The van der Waals surface area contributed by atoms with E-state index in [4.69, 9.17) is 17.3 Å². The second kappa shape index (κ2) is 2.71. The molecule has 0 bridgehead atoms. The highest BCUT2D eigenvalue weighted by Crippen LogP contribution is 1.80. The van der Waals surface area contributed by atoms with Crippen LogP contribution in [0.3, 0.4) is 0 Å². The summed E-state index contributed by atoms with van der Waals surface area (Å²) in [6.07, 6.45) is 0.287. The van der Waals surface area contributed by atoms with Gasteiger partial charge >= 0.3 is 0 Å². The van der Waals surface area contributed by atoms with Crippen LogP contribution >= 0.6 is 11.6 Å². The molecular weight excluding hydrogens is 117 g/mol. The first-order valence-corrected chi connectivity index (χ1v) is 1.96. The van der Waals surface area contributed by atoms with Gasteiger partial charge in [-0.2, -0.15) is 0 Å². The lowest BCUT2D eigenvalue weighted by Gasteiger charge is -1.88. The van der Waals surface area contributed by atoms with E-state index < -0.39 is 11.3 Å². The van der Waals surface area contributed by atoms with Gasteiger partial charge in [-0.3, -0.25) is 4.79 Å². The predicted octanol–water partition coefficient (Wildman–Crippen LogP) is -0.722. The lowest BCUT2D eigenvalue weighted by Crippen LogP contribution is -2.27. The van der Waals surface area contributed by atoms with Crippen LogP contribution in [0.15, 0.2) is 0 Å². The second-order valence-electron chi connectivity index (χ2n) is 0.966. The highest BCUT2D eigenvalue weighted by molar-refractivity contribution is 6.66. The summed E-state index contributed by atoms with van der Waals surface area (Å²) >= 11 is 4.73. The Kier molecular flexibility index (Phi) is 2.55. The van der Waals surface area contributed by atoms with Crippen molar-refractivity contribution in [2.24, 2.45) is 5.73 Å². The van der Waals surface area contributed by atoms with E-state index in [0.29, 0.717) is 0 Å². The Morgan fingerprint density at radius 2 is 2.29 bits per heavy atom. The second-order valence-corrected chi connectivity index (χ2v) is 1.34. The normalized spacial score (nSPS) is 12.9. The largest absolute Gasteiger partial charge is 0.314 e. The van der Waals surface area contributed by atoms with Gasteiger partial charge in [0, 0.05) is 0 Å². The van der Waals surface area contributed by atoms with Crippen LogP contribution in [0.1, 0.15) is 0 Å². The van der Waals surface area contributed by atoms with Gasteiger partial charge < -0.3 is 10.5 Å². The number of halogens is 1. The fourth-order valence-electron chi connectivity index (χ4n) is 0.0535. The van der Waals surface area contributed by atoms with Gasteiger partial charge in [-0.1, -0.05) is 0 Å². The zero-order valence-electron chi connectivity index (χ0n) is 3.43. The van der Waals surface area contributed by atoms with Gasteiger partial charge in [0.1, 0.15) is 12.3 Å². The predicted molar refractivity (Wildman–Crippen MR) is 24.9 cm³/mol. The van der Waals surface area contributed by atoms with Crippen LogP contribution in [0.2, 0.25) is 0 Å². The average Bonchev–Trinajstić information content (AvgIpc) is 1.65. The molecule has 0 aliphatic heterocycles. The molecule has 2 N–H and O–H groups in total. The molecule has 1 atom stereocenters. The van der Waals surface area contributed by atoms with Crippen LogP contribution in [0.4, 0.5) is 0 Å². The van der Waals surface area contributed by atoms with E-state index in [1.165, 1.54) is 0 Å². The summed E-state index contributed by atoms with van der Waals surface area (Å²) in [5, 5.41) is -0.824. The van der Waals surface area contributed by atoms with Crippen molar-refractivity contribution in [1.82, 2.24) is 0 Å². The Morgan fingerprint density at radius 1 is 1.86 bits per heavy atom. The van der Waals surface area contributed by atoms with E-state index in [-0.39, 0.29) is 6.29 Å². The summed E-state index contributed by atoms with van der Waals surface area (Å²) in [6.45, 7) is 0. The molecule has 0 rings (SSSR count). The molecule has 0 aromatic rings. The minimum absolute atomic E-state index is 0.287. The van der Waals surface area contributed by atoms with Crippen molar-refractivity contribution in [2.75, 3.05) is 0 Å². The summed E-state index contributed by atoms with van der Waals surface area (Å²) in [5.41, 5.74) is 4.77. The third-order valence-electron chi connectivity index (χ3n) is 0.409. The number of aldehydes is 1. The van der Waals surface area contributed by atoms with Crippen LogP contribution < -0.4 is 5.73 Å². The number of carbonyl (C=O) groups is 2. The van der Waals surface area contributed by atoms with Gasteiger partial charge in [-0.05, 0) is 11.6 Å². The van der Waals surface area contributed by atoms with E-state index in [9.17, 15) is 9.59 Å². The number of carbonyl (C=O) groups excluding carboxylic acids is 2. The molecule has 0 radical (unpaired) electrons. The van der Waals surface area contributed by atoms with Crippen molar-refractivity contribution in [2.45, 2.75) is 6.04 Å². The molecular formula is C3H4ClNO2. The van der Waals surface area contributed by atoms with Crippen molar-refractivity contribution in [3.8, 4) is 0 Å². The standard InChI is InChI=1S/C3H4ClNO2/c4-3(7)2(5)1-6/h1-2H,5H2. The summed E-state index contributed by atoms with van der Waals surface area (Å²) in [6, 6.07) is -1.15. The summed E-state index contributed by atoms with van der Waals surface area (Å²) in [4.78, 5) is 19.3. The third-order valence-corrected chi connectivity index (χ3v) is 0.661. The zero-order valence-corrected chi connectivity index (χ0v) is 4.18. The minimum Gasteiger partial charge on any atom is -0.314 e. The molecule has 0 aliphatic rings. The smallest absolute Gasteiger partial charge is 0.245 e. The van der Waals surface area contributed by atoms with E-state index in [2.05, 4.69) is 0 Å². The van der Waals surface area contributed by atoms with Gasteiger partial charge in [0.05, 0.1) is 0 Å². The van der Waals surface area contributed by atoms with Gasteiger partial charge in [0.2, 0.25) is 5.24 Å². The lowest BCUT2D eigenvalue weighted by atomic mass is 10.4. The summed E-state index contributed by atoms with van der Waals surface area (Å²) in [5.74, 6) is 0. The van der Waals surface area contributed by atoms with Gasteiger partial charge in [0.25, 0.3) is 0 Å². The lowest BCUT2D eigenvalue weighted by molar-refractivity contribution is -0.118. The number of hydrogen-bond acceptors (Lipinski definition) is 3. The van der Waals surface area contributed by atoms with E-state index in [1.54, 1.807) is 0 Å². The molecule has 0 amide bonds. The SMILES string of the molecule is NC(C=O)C(=O)Cl. The highest BCUT2D eigenvalue weighted by Gasteiger charge is 2.05. The molecule has 7 heavy (non-hydrogen) atoms. The van der Waals surface area contributed by atoms with E-state index in [0.717, 1.165) is 0 Å². The quantitative estimate of drug-likeness (QED) is 0.298. The Hall–Kier alpha value is -0.410. The first-order chi connectivity index (χ1) is 3.18. The molecule has 0 heterocycles. The molecule has 0 fully saturated rings. The van der Waals surface area contributed by atoms with E-state index in [1.807, 2.05) is 0 Å². The first-order valence-electron chi connectivity index (χ1n) is 1.58. The average molecular weight is 122 g/mol. The number of nitrogens with two attached hydrogens (primary N) is 1. The third kappa shape index (κ3) is 2.31. The van der Waals surface area contributed by atoms with Crippen molar-refractivity contribution < 1.29 is 9.59 Å². The van der Waals surface area contributed by atoms with Crippen LogP contribution in [-0.2, 0) is 9.59 Å². The van der Waals surface area contributed by atoms with Crippen molar-refractivity contribution in [1.29, 1.82) is 0 Å². The topological polar surface area (TPSA) is 60.2 Å². The zero-order chi connectivity index (χ0) is 5.86. The molecule has 0 aliphatic carbocycles. The van der Waals surface area contributed by atoms with Crippen LogP contribution in [0.25, 0.3) is 0 Å². The van der Waals surface area contributed by atoms with E-state index >= 15 is 0 Å². The summed E-state index contributed by atoms with van der Waals surface area (Å²) in [7, 11) is 0. The molecule has 4 heteroatoms. The fourth-order valence-corrected chi connectivity index (χ4v) is 0.105. The molecule has 40 valence electrons. The van der Waals surface area contributed by atoms with Gasteiger partial charge in [-0.25, -0.2) is 0 Å². The van der Waals surface area contributed by atoms with Crippen molar-refractivity contribution >= 4 is 23.1 Å². The summed E-state index contributed by atoms with van der Waals surface area (Å²) < 4.78 is 0. The molecule has 0 saturated carbocycles. The maximum atomic E-state index is 9.78. The van der Waals surface area contributed by atoms with Gasteiger partial charge in [0.15, 0.2) is 0 Å². The van der Waals surface area contributed by atoms with Crippen LogP contribution in [0, 0.1) is 0 Å². The Balaban J connectivity index is 3.55. The van der Waals surface area contributed by atoms with Gasteiger partial charge in [-0.15, -0.1) is 0 Å². The van der Waals surface area contributed by atoms with Crippen molar-refractivity contribution in [3.63, 3.8) is 0 Å². The maximum absolute atomic E-state index is 9.78. The first kappa shape index (κ1) is 6.59. The molecule has 3 nitrogen and oxygen atoms in total. The molecule has 0 aromatic heterocycles. The maximum Gasteiger partial charge on any atom is 0.245 e. The van der Waals surface area contributed by atoms with Crippen molar-refractivity contribution in [3.05, 3.63) is 0 Å². The fraction of sp³-hybridized carbons (Fsp3) is 0.333. The van der Waals surface area contributed by atoms with Crippen LogP contribution in [0.5, 0.6) is 0 Å². The molecule has 0 aromatic carbocycles. The molecule has 0 spiro atoms.